The molecule has 2 heterocycles. The van der Waals surface area contributed by atoms with Crippen LogP contribution in [0.2, 0.25) is 45.3 Å². The number of amides is 1. The van der Waals surface area contributed by atoms with Crippen molar-refractivity contribution < 1.29 is 23.4 Å². The first kappa shape index (κ1) is 33.6. The van der Waals surface area contributed by atoms with Crippen molar-refractivity contribution in [2.45, 2.75) is 95.6 Å². The van der Waals surface area contributed by atoms with Gasteiger partial charge >= 0.3 is 6.09 Å². The highest BCUT2D eigenvalue weighted by atomic mass is 32.2. The molecular formula is C29H46F2N6O3SSi2. The number of hydrogen-bond acceptors (Lipinski definition) is 7. The van der Waals surface area contributed by atoms with E-state index in [1.54, 1.807) is 4.68 Å². The van der Waals surface area contributed by atoms with Crippen molar-refractivity contribution in [3.05, 3.63) is 35.8 Å². The van der Waals surface area contributed by atoms with Crippen molar-refractivity contribution in [2.24, 2.45) is 16.3 Å². The molecule has 1 aromatic carbocycles. The summed E-state index contributed by atoms with van der Waals surface area (Å²) < 4.78 is 38.4. The van der Waals surface area contributed by atoms with Crippen molar-refractivity contribution in [3.63, 3.8) is 0 Å². The van der Waals surface area contributed by atoms with E-state index in [2.05, 4.69) is 49.6 Å². The van der Waals surface area contributed by atoms with E-state index in [9.17, 15) is 9.90 Å². The number of thioether (sulfide) groups is 1. The molecule has 1 amide bonds. The number of anilines is 1. The highest BCUT2D eigenvalue weighted by molar-refractivity contribution is 8.15. The van der Waals surface area contributed by atoms with Crippen LogP contribution in [0.1, 0.15) is 32.8 Å². The molecule has 2 aromatic rings. The Morgan fingerprint density at radius 3 is 2.49 bits per heavy atom. The molecule has 238 valence electrons. The number of halogens is 2. The third-order valence-corrected chi connectivity index (χ3v) is 13.0. The van der Waals surface area contributed by atoms with Gasteiger partial charge in [0.1, 0.15) is 32.3 Å². The molecular weight excluding hydrogens is 607 g/mol. The standard InChI is InChI=1S/C29H46F2N6O3SSi2/c1-27(2,3)24(40-12-13-42(4,5)6)37(26(38)39)25-33-29(17-30,20-14-19(32)10-11-21(20)31)22-15-28(22,41-25)18-36-16-23(34-35-36)43(7,8)9/h10-11,14,16,22,24H,12-13,15,17-18,32H2,1-9H3,(H,38,39)/t22-,24?,28-,29+/m0/s1. The molecule has 1 fully saturated rings. The molecule has 4 rings (SSSR count). The number of nitrogens with zero attached hydrogens (tertiary/aromatic N) is 5. The molecule has 14 heteroatoms. The first-order chi connectivity index (χ1) is 19.7. The molecule has 0 spiro atoms. The maximum absolute atomic E-state index is 15.5. The van der Waals surface area contributed by atoms with Crippen LogP contribution in [0.5, 0.6) is 0 Å². The quantitative estimate of drug-likeness (QED) is 0.184. The number of alkyl halides is 1. The van der Waals surface area contributed by atoms with Crippen molar-refractivity contribution in [2.75, 3.05) is 19.0 Å². The Labute approximate surface area is 259 Å². The van der Waals surface area contributed by atoms with Crippen LogP contribution in [0.15, 0.2) is 29.4 Å². The van der Waals surface area contributed by atoms with Gasteiger partial charge in [-0.2, -0.15) is 0 Å². The van der Waals surface area contributed by atoms with Crippen molar-refractivity contribution in [3.8, 4) is 0 Å². The predicted molar refractivity (Wildman–Crippen MR) is 175 cm³/mol. The van der Waals surface area contributed by atoms with Gasteiger partial charge in [0.05, 0.1) is 11.9 Å². The molecule has 4 atom stereocenters. The molecule has 0 bridgehead atoms. The van der Waals surface area contributed by atoms with E-state index in [4.69, 9.17) is 15.5 Å². The summed E-state index contributed by atoms with van der Waals surface area (Å²) in [6.07, 6.45) is 0.228. The number of rotatable bonds is 10. The third kappa shape index (κ3) is 7.01. The number of benzene rings is 1. The number of amidine groups is 1. The van der Waals surface area contributed by atoms with Crippen LogP contribution in [0.3, 0.4) is 0 Å². The number of fused-ring (bicyclic) bond motifs is 1. The number of aromatic nitrogens is 3. The number of ether oxygens (including phenoxy) is 1. The summed E-state index contributed by atoms with van der Waals surface area (Å²) in [5, 5.41) is 20.4. The summed E-state index contributed by atoms with van der Waals surface area (Å²) in [5.74, 6) is -1.06. The lowest BCUT2D eigenvalue weighted by atomic mass is 9.84. The normalized spacial score (nSPS) is 24.7. The number of carbonyl (C=O) groups is 1. The highest BCUT2D eigenvalue weighted by Gasteiger charge is 2.69. The van der Waals surface area contributed by atoms with Crippen LogP contribution in [0.4, 0.5) is 19.3 Å². The van der Waals surface area contributed by atoms with Gasteiger partial charge in [0.15, 0.2) is 5.17 Å². The Morgan fingerprint density at radius 2 is 1.95 bits per heavy atom. The van der Waals surface area contributed by atoms with Gasteiger partial charge in [-0.05, 0) is 30.7 Å². The smallest absolute Gasteiger partial charge is 0.415 e. The van der Waals surface area contributed by atoms with Crippen molar-refractivity contribution in [1.29, 1.82) is 0 Å². The second kappa shape index (κ2) is 11.6. The van der Waals surface area contributed by atoms with Gasteiger partial charge in [-0.1, -0.05) is 77.0 Å². The van der Waals surface area contributed by atoms with Gasteiger partial charge < -0.3 is 15.6 Å². The Kier molecular flexibility index (Phi) is 9.04. The fourth-order valence-electron chi connectivity index (χ4n) is 5.55. The van der Waals surface area contributed by atoms with Crippen LogP contribution in [-0.4, -0.2) is 76.7 Å². The Balaban J connectivity index is 1.84. The van der Waals surface area contributed by atoms with Crippen LogP contribution < -0.4 is 11.1 Å². The number of hydrogen-bond donors (Lipinski definition) is 2. The maximum Gasteiger partial charge on any atom is 0.415 e. The molecule has 3 N–H and O–H groups in total. The molecule has 2 aliphatic rings. The Morgan fingerprint density at radius 1 is 1.28 bits per heavy atom. The second-order valence-electron chi connectivity index (χ2n) is 15.2. The van der Waals surface area contributed by atoms with Gasteiger partial charge in [-0.15, -0.1) is 5.10 Å². The summed E-state index contributed by atoms with van der Waals surface area (Å²) in [6.45, 7) is 18.6. The fraction of sp³-hybridized carbons (Fsp3) is 0.655. The molecule has 0 radical (unpaired) electrons. The lowest BCUT2D eigenvalue weighted by Crippen LogP contribution is -2.54. The van der Waals surface area contributed by atoms with Gasteiger partial charge in [0.2, 0.25) is 0 Å². The lowest BCUT2D eigenvalue weighted by Gasteiger charge is -2.43. The Hall–Kier alpha value is -2.30. The maximum atomic E-state index is 15.5. The zero-order valence-corrected chi connectivity index (χ0v) is 29.6. The van der Waals surface area contributed by atoms with E-state index in [1.165, 1.54) is 30.0 Å². The SMILES string of the molecule is CC(C)(C)C(OCC[Si](C)(C)C)N(C(=O)O)C1=N[C@](CF)(c2cc(N)ccc2F)[C@H]2C[C@@]2(Cn2cc([Si](C)(C)C)nn2)S1. The topological polar surface area (TPSA) is 119 Å². The minimum absolute atomic E-state index is 0.0263. The number of nitrogens with two attached hydrogens (primary N) is 1. The second-order valence-corrected chi connectivity index (χ2v) is 27.2. The van der Waals surface area contributed by atoms with Gasteiger partial charge in [-0.25, -0.2) is 23.5 Å². The minimum atomic E-state index is -1.75. The first-order valence-electron chi connectivity index (χ1n) is 14.7. The fourth-order valence-corrected chi connectivity index (χ4v) is 8.79. The monoisotopic (exact) mass is 652 g/mol. The largest absolute Gasteiger partial charge is 0.465 e. The highest BCUT2D eigenvalue weighted by Crippen LogP contribution is 2.67. The van der Waals surface area contributed by atoms with Crippen molar-refractivity contribution >= 4 is 50.2 Å². The molecule has 43 heavy (non-hydrogen) atoms. The number of carboxylic acid groups (broad SMARTS) is 1. The van der Waals surface area contributed by atoms with Crippen LogP contribution in [0.25, 0.3) is 0 Å². The van der Waals surface area contributed by atoms with Crippen LogP contribution in [-0.2, 0) is 16.8 Å². The molecule has 1 aromatic heterocycles. The predicted octanol–water partition coefficient (Wildman–Crippen LogP) is 5.98. The van der Waals surface area contributed by atoms with E-state index in [0.717, 1.165) is 16.3 Å². The van der Waals surface area contributed by atoms with Crippen LogP contribution >= 0.6 is 11.8 Å². The summed E-state index contributed by atoms with van der Waals surface area (Å²) >= 11 is 1.29. The van der Waals surface area contributed by atoms with Crippen molar-refractivity contribution in [1.82, 2.24) is 19.9 Å². The zero-order valence-electron chi connectivity index (χ0n) is 26.7. The third-order valence-electron chi connectivity index (χ3n) is 8.10. The summed E-state index contributed by atoms with van der Waals surface area (Å²) in [6, 6.07) is 4.90. The number of aliphatic imine (C=N–C) groups is 1. The molecule has 1 aliphatic carbocycles. The minimum Gasteiger partial charge on any atom is -0.465 e. The molecule has 1 aliphatic heterocycles. The van der Waals surface area contributed by atoms with Gasteiger partial charge in [0, 0.05) is 48.2 Å². The average molecular weight is 653 g/mol. The summed E-state index contributed by atoms with van der Waals surface area (Å²) in [4.78, 5) is 19.0. The van der Waals surface area contributed by atoms with E-state index in [-0.39, 0.29) is 16.4 Å². The average Bonchev–Trinajstić information content (AvgIpc) is 3.38. The molecule has 0 saturated heterocycles. The molecule has 1 saturated carbocycles. The van der Waals surface area contributed by atoms with Gasteiger partial charge in [0.25, 0.3) is 0 Å². The molecule has 9 nitrogen and oxygen atoms in total. The van der Waals surface area contributed by atoms with E-state index < -0.39 is 62.6 Å². The molecule has 1 unspecified atom stereocenters. The summed E-state index contributed by atoms with van der Waals surface area (Å²) in [7, 11) is -3.23. The zero-order chi connectivity index (χ0) is 32.2. The van der Waals surface area contributed by atoms with E-state index in [0.29, 0.717) is 19.6 Å². The first-order valence-corrected chi connectivity index (χ1v) is 22.7. The Bertz CT molecular complexity index is 1390. The van der Waals surface area contributed by atoms with E-state index in [1.807, 2.05) is 27.0 Å². The lowest BCUT2D eigenvalue weighted by molar-refractivity contribution is -0.0761. The van der Waals surface area contributed by atoms with Gasteiger partial charge in [-0.3, -0.25) is 4.68 Å². The van der Waals surface area contributed by atoms with E-state index >= 15 is 8.78 Å². The summed E-state index contributed by atoms with van der Waals surface area (Å²) in [5.41, 5.74) is 4.05. The number of nitrogen functional groups attached to an aromatic ring is 1. The van der Waals surface area contributed by atoms with Crippen LogP contribution in [0, 0.1) is 17.2 Å².